The van der Waals surface area contributed by atoms with Crippen LogP contribution in [0.1, 0.15) is 39.0 Å². The number of carbonyl (C=O) groups is 1. The van der Waals surface area contributed by atoms with E-state index in [4.69, 9.17) is 0 Å². The summed E-state index contributed by atoms with van der Waals surface area (Å²) in [6.45, 7) is 2.00. The molecule has 4 heteroatoms. The van der Waals surface area contributed by atoms with E-state index < -0.39 is 0 Å². The summed E-state index contributed by atoms with van der Waals surface area (Å²) < 4.78 is 0. The molecule has 0 heterocycles. The number of aliphatic hydroxyl groups excluding tert-OH is 1. The van der Waals surface area contributed by atoms with Crippen molar-refractivity contribution in [3.8, 4) is 0 Å². The number of aliphatic hydroxyl groups is 1. The van der Waals surface area contributed by atoms with E-state index >= 15 is 0 Å². The molecule has 3 unspecified atom stereocenters. The molecule has 0 aromatic carbocycles. The fourth-order valence-electron chi connectivity index (χ4n) is 2.17. The molecule has 16 heavy (non-hydrogen) atoms. The average Bonchev–Trinajstić information content (AvgIpc) is 2.21. The molecule has 94 valence electrons. The van der Waals surface area contributed by atoms with Crippen LogP contribution in [0.15, 0.2) is 0 Å². The Morgan fingerprint density at radius 3 is 2.62 bits per heavy atom. The second-order valence-electron chi connectivity index (χ2n) is 5.02. The van der Waals surface area contributed by atoms with Crippen LogP contribution in [-0.4, -0.2) is 48.2 Å². The summed E-state index contributed by atoms with van der Waals surface area (Å²) >= 11 is 0. The van der Waals surface area contributed by atoms with Crippen molar-refractivity contribution in [3.63, 3.8) is 0 Å². The predicted molar refractivity (Wildman–Crippen MR) is 64.2 cm³/mol. The van der Waals surface area contributed by atoms with Crippen molar-refractivity contribution in [3.05, 3.63) is 0 Å². The minimum atomic E-state index is -0.245. The van der Waals surface area contributed by atoms with Crippen LogP contribution in [-0.2, 0) is 4.79 Å². The van der Waals surface area contributed by atoms with Crippen molar-refractivity contribution in [2.24, 2.45) is 0 Å². The lowest BCUT2D eigenvalue weighted by molar-refractivity contribution is -0.129. The summed E-state index contributed by atoms with van der Waals surface area (Å²) in [6, 6.07) is 0.298. The van der Waals surface area contributed by atoms with Gasteiger partial charge in [0.05, 0.1) is 6.10 Å². The Bertz CT molecular complexity index is 231. The number of rotatable bonds is 4. The first-order chi connectivity index (χ1) is 7.50. The van der Waals surface area contributed by atoms with Gasteiger partial charge >= 0.3 is 0 Å². The van der Waals surface area contributed by atoms with Gasteiger partial charge in [-0.3, -0.25) is 4.79 Å². The van der Waals surface area contributed by atoms with Gasteiger partial charge in [-0.15, -0.1) is 0 Å². The molecule has 0 bridgehead atoms. The van der Waals surface area contributed by atoms with Crippen molar-refractivity contribution in [2.75, 3.05) is 14.1 Å². The molecule has 0 aliphatic heterocycles. The molecule has 4 nitrogen and oxygen atoms in total. The number of nitrogens with one attached hydrogen (secondary N) is 1. The van der Waals surface area contributed by atoms with E-state index in [9.17, 15) is 9.90 Å². The van der Waals surface area contributed by atoms with Gasteiger partial charge < -0.3 is 15.3 Å². The molecular formula is C12H24N2O2. The highest BCUT2D eigenvalue weighted by Crippen LogP contribution is 2.19. The summed E-state index contributed by atoms with van der Waals surface area (Å²) in [5, 5.41) is 13.2. The van der Waals surface area contributed by atoms with E-state index in [2.05, 4.69) is 5.32 Å². The number of amides is 1. The highest BCUT2D eigenvalue weighted by atomic mass is 16.3. The Hall–Kier alpha value is -0.610. The third-order valence-corrected chi connectivity index (χ3v) is 3.21. The minimum absolute atomic E-state index is 0.130. The maximum absolute atomic E-state index is 11.5. The van der Waals surface area contributed by atoms with E-state index in [1.807, 2.05) is 6.92 Å². The van der Waals surface area contributed by atoms with E-state index in [0.717, 1.165) is 19.3 Å². The Kier molecular flexibility index (Phi) is 5.22. The molecule has 1 aliphatic carbocycles. The number of hydrogen-bond acceptors (Lipinski definition) is 3. The molecule has 2 N–H and O–H groups in total. The molecule has 1 amide bonds. The summed E-state index contributed by atoms with van der Waals surface area (Å²) in [6.07, 6.45) is 4.43. The van der Waals surface area contributed by atoms with Crippen LogP contribution in [0, 0.1) is 0 Å². The highest BCUT2D eigenvalue weighted by Gasteiger charge is 2.24. The normalized spacial score (nSPS) is 27.5. The smallest absolute Gasteiger partial charge is 0.223 e. The molecule has 0 spiro atoms. The summed E-state index contributed by atoms with van der Waals surface area (Å²) in [5.74, 6) is 0.130. The Labute approximate surface area is 98.0 Å². The van der Waals surface area contributed by atoms with E-state index in [0.29, 0.717) is 6.42 Å². The lowest BCUT2D eigenvalue weighted by Crippen LogP contribution is -2.47. The van der Waals surface area contributed by atoms with Gasteiger partial charge in [0.2, 0.25) is 5.91 Å². The zero-order chi connectivity index (χ0) is 12.1. The Balaban J connectivity index is 2.32. The quantitative estimate of drug-likeness (QED) is 0.746. The minimum Gasteiger partial charge on any atom is -0.392 e. The van der Waals surface area contributed by atoms with Gasteiger partial charge in [-0.1, -0.05) is 12.8 Å². The molecule has 1 fully saturated rings. The van der Waals surface area contributed by atoms with Crippen LogP contribution in [0.5, 0.6) is 0 Å². The monoisotopic (exact) mass is 228 g/mol. The van der Waals surface area contributed by atoms with Crippen molar-refractivity contribution in [1.29, 1.82) is 0 Å². The van der Waals surface area contributed by atoms with Gasteiger partial charge in [-0.2, -0.15) is 0 Å². The molecular weight excluding hydrogens is 204 g/mol. The van der Waals surface area contributed by atoms with Crippen molar-refractivity contribution >= 4 is 5.91 Å². The third-order valence-electron chi connectivity index (χ3n) is 3.21. The Morgan fingerprint density at radius 2 is 2.06 bits per heavy atom. The summed E-state index contributed by atoms with van der Waals surface area (Å²) in [7, 11) is 3.54. The van der Waals surface area contributed by atoms with Gasteiger partial charge in [0.25, 0.3) is 0 Å². The van der Waals surface area contributed by atoms with Gasteiger partial charge in [0.1, 0.15) is 0 Å². The van der Waals surface area contributed by atoms with E-state index in [1.54, 1.807) is 19.0 Å². The average molecular weight is 228 g/mol. The molecule has 0 saturated heterocycles. The van der Waals surface area contributed by atoms with Crippen molar-refractivity contribution in [1.82, 2.24) is 10.2 Å². The standard InChI is InChI=1S/C12H24N2O2/c1-9(8-12(16)14(2)3)13-10-6-4-5-7-11(10)15/h9-11,13,15H,4-8H2,1-3H3. The van der Waals surface area contributed by atoms with Crippen LogP contribution < -0.4 is 5.32 Å². The molecule has 1 aliphatic rings. The molecule has 1 saturated carbocycles. The first kappa shape index (κ1) is 13.5. The van der Waals surface area contributed by atoms with Gasteiger partial charge in [0.15, 0.2) is 0 Å². The number of nitrogens with zero attached hydrogens (tertiary/aromatic N) is 1. The van der Waals surface area contributed by atoms with E-state index in [-0.39, 0.29) is 24.1 Å². The maximum Gasteiger partial charge on any atom is 0.223 e. The first-order valence-electron chi connectivity index (χ1n) is 6.15. The summed E-state index contributed by atoms with van der Waals surface area (Å²) in [4.78, 5) is 13.1. The zero-order valence-electron chi connectivity index (χ0n) is 10.6. The lowest BCUT2D eigenvalue weighted by atomic mass is 9.92. The SMILES string of the molecule is CC(CC(=O)N(C)C)NC1CCCCC1O. The second kappa shape index (κ2) is 6.21. The van der Waals surface area contributed by atoms with E-state index in [1.165, 1.54) is 6.42 Å². The molecule has 0 aromatic rings. The lowest BCUT2D eigenvalue weighted by Gasteiger charge is -2.31. The van der Waals surface area contributed by atoms with Gasteiger partial charge in [0, 0.05) is 32.6 Å². The topological polar surface area (TPSA) is 52.6 Å². The van der Waals surface area contributed by atoms with Crippen LogP contribution in [0.3, 0.4) is 0 Å². The van der Waals surface area contributed by atoms with Crippen molar-refractivity contribution < 1.29 is 9.90 Å². The molecule has 0 radical (unpaired) electrons. The fraction of sp³-hybridized carbons (Fsp3) is 0.917. The molecule has 3 atom stereocenters. The predicted octanol–water partition coefficient (Wildman–Crippen LogP) is 0.746. The second-order valence-corrected chi connectivity index (χ2v) is 5.02. The maximum atomic E-state index is 11.5. The molecule has 0 aromatic heterocycles. The van der Waals surface area contributed by atoms with Crippen LogP contribution in [0.25, 0.3) is 0 Å². The third kappa shape index (κ3) is 4.10. The fourth-order valence-corrected chi connectivity index (χ4v) is 2.17. The van der Waals surface area contributed by atoms with Crippen LogP contribution in [0.2, 0.25) is 0 Å². The largest absolute Gasteiger partial charge is 0.392 e. The van der Waals surface area contributed by atoms with Gasteiger partial charge in [-0.05, 0) is 19.8 Å². The van der Waals surface area contributed by atoms with Crippen molar-refractivity contribution in [2.45, 2.75) is 57.2 Å². The highest BCUT2D eigenvalue weighted by molar-refractivity contribution is 5.76. The summed E-state index contributed by atoms with van der Waals surface area (Å²) in [5.41, 5.74) is 0. The number of carbonyl (C=O) groups excluding carboxylic acids is 1. The van der Waals surface area contributed by atoms with Crippen LogP contribution >= 0.6 is 0 Å². The van der Waals surface area contributed by atoms with Crippen LogP contribution in [0.4, 0.5) is 0 Å². The zero-order valence-corrected chi connectivity index (χ0v) is 10.6. The van der Waals surface area contributed by atoms with Gasteiger partial charge in [-0.25, -0.2) is 0 Å². The number of hydrogen-bond donors (Lipinski definition) is 2. The molecule has 1 rings (SSSR count). The first-order valence-corrected chi connectivity index (χ1v) is 6.15. The Morgan fingerprint density at radius 1 is 1.44 bits per heavy atom.